The number of ether oxygens (including phenoxy) is 1. The molecule has 0 aromatic heterocycles. The van der Waals surface area contributed by atoms with Gasteiger partial charge in [-0.3, -0.25) is 4.79 Å². The van der Waals surface area contributed by atoms with E-state index in [4.69, 9.17) is 4.74 Å². The van der Waals surface area contributed by atoms with E-state index in [0.717, 1.165) is 25.3 Å². The molecule has 1 fully saturated rings. The van der Waals surface area contributed by atoms with Gasteiger partial charge in [-0.1, -0.05) is 13.0 Å². The summed E-state index contributed by atoms with van der Waals surface area (Å²) in [6.07, 6.45) is 1.14. The van der Waals surface area contributed by atoms with E-state index in [2.05, 4.69) is 17.6 Å². The molecule has 2 rings (SSSR count). The molecule has 110 valence electrons. The second-order valence-electron chi connectivity index (χ2n) is 5.86. The van der Waals surface area contributed by atoms with Crippen LogP contribution in [0.5, 0.6) is 5.75 Å². The topological polar surface area (TPSA) is 50.4 Å². The zero-order valence-corrected chi connectivity index (χ0v) is 12.5. The molecular weight excluding hydrogens is 252 g/mol. The summed E-state index contributed by atoms with van der Waals surface area (Å²) >= 11 is 0. The molecular formula is C16H24N2O2. The smallest absolute Gasteiger partial charge is 0.251 e. The number of amides is 1. The van der Waals surface area contributed by atoms with Crippen LogP contribution in [-0.4, -0.2) is 31.1 Å². The van der Waals surface area contributed by atoms with Crippen molar-refractivity contribution in [2.45, 2.75) is 39.3 Å². The Kier molecular flexibility index (Phi) is 5.01. The molecule has 1 heterocycles. The van der Waals surface area contributed by atoms with Gasteiger partial charge in [0.25, 0.3) is 5.91 Å². The number of carbonyl (C=O) groups is 1. The standard InChI is InChI=1S/C16H24N2O2/c1-11(2)20-15-6-4-5-13(8-15)16(19)18-14-7-12(3)9-17-10-14/h4-6,8,11-12,14,17H,7,9-10H2,1-3H3,(H,18,19). The van der Waals surface area contributed by atoms with Gasteiger partial charge >= 0.3 is 0 Å². The van der Waals surface area contributed by atoms with Crippen molar-refractivity contribution in [1.82, 2.24) is 10.6 Å². The van der Waals surface area contributed by atoms with Crippen LogP contribution in [0.1, 0.15) is 37.6 Å². The molecule has 0 spiro atoms. The Hall–Kier alpha value is -1.55. The summed E-state index contributed by atoms with van der Waals surface area (Å²) in [5.41, 5.74) is 0.654. The number of hydrogen-bond acceptors (Lipinski definition) is 3. The Morgan fingerprint density at radius 2 is 2.20 bits per heavy atom. The monoisotopic (exact) mass is 276 g/mol. The van der Waals surface area contributed by atoms with Gasteiger partial charge in [-0.15, -0.1) is 0 Å². The van der Waals surface area contributed by atoms with Crippen LogP contribution in [0.3, 0.4) is 0 Å². The molecule has 1 aliphatic heterocycles. The Morgan fingerprint density at radius 3 is 2.90 bits per heavy atom. The lowest BCUT2D eigenvalue weighted by molar-refractivity contribution is 0.0924. The molecule has 2 N–H and O–H groups in total. The molecule has 4 heteroatoms. The zero-order chi connectivity index (χ0) is 14.5. The number of hydrogen-bond donors (Lipinski definition) is 2. The second-order valence-corrected chi connectivity index (χ2v) is 5.86. The Bertz CT molecular complexity index is 460. The van der Waals surface area contributed by atoms with E-state index in [1.807, 2.05) is 32.0 Å². The van der Waals surface area contributed by atoms with E-state index in [1.54, 1.807) is 6.07 Å². The highest BCUT2D eigenvalue weighted by atomic mass is 16.5. The van der Waals surface area contributed by atoms with Gasteiger partial charge in [0.05, 0.1) is 6.10 Å². The first-order valence-electron chi connectivity index (χ1n) is 7.33. The lowest BCUT2D eigenvalue weighted by atomic mass is 9.97. The summed E-state index contributed by atoms with van der Waals surface area (Å²) in [6, 6.07) is 7.56. The maximum atomic E-state index is 12.3. The number of piperidine rings is 1. The van der Waals surface area contributed by atoms with Crippen LogP contribution >= 0.6 is 0 Å². The molecule has 2 unspecified atom stereocenters. The Labute approximate surface area is 120 Å². The minimum atomic E-state index is -0.0277. The maximum absolute atomic E-state index is 12.3. The molecule has 0 radical (unpaired) electrons. The minimum absolute atomic E-state index is 0.0277. The fourth-order valence-electron chi connectivity index (χ4n) is 2.52. The third-order valence-corrected chi connectivity index (χ3v) is 3.37. The maximum Gasteiger partial charge on any atom is 0.251 e. The molecule has 20 heavy (non-hydrogen) atoms. The molecule has 1 aliphatic rings. The van der Waals surface area contributed by atoms with Crippen molar-refractivity contribution in [2.24, 2.45) is 5.92 Å². The van der Waals surface area contributed by atoms with Crippen molar-refractivity contribution in [3.8, 4) is 5.75 Å². The van der Waals surface area contributed by atoms with Crippen LogP contribution < -0.4 is 15.4 Å². The summed E-state index contributed by atoms with van der Waals surface area (Å²) in [5, 5.41) is 6.43. The molecule has 0 bridgehead atoms. The zero-order valence-electron chi connectivity index (χ0n) is 12.5. The van der Waals surface area contributed by atoms with Crippen LogP contribution in [-0.2, 0) is 0 Å². The molecule has 1 aromatic rings. The van der Waals surface area contributed by atoms with Crippen molar-refractivity contribution in [2.75, 3.05) is 13.1 Å². The van der Waals surface area contributed by atoms with Crippen molar-refractivity contribution in [3.63, 3.8) is 0 Å². The fourth-order valence-corrected chi connectivity index (χ4v) is 2.52. The third kappa shape index (κ3) is 4.23. The fraction of sp³-hybridized carbons (Fsp3) is 0.562. The third-order valence-electron chi connectivity index (χ3n) is 3.37. The van der Waals surface area contributed by atoms with Gasteiger partial charge < -0.3 is 15.4 Å². The largest absolute Gasteiger partial charge is 0.491 e. The summed E-state index contributed by atoms with van der Waals surface area (Å²) in [4.78, 5) is 12.3. The van der Waals surface area contributed by atoms with Crippen LogP contribution in [0.2, 0.25) is 0 Å². The van der Waals surface area contributed by atoms with Gasteiger partial charge in [0.2, 0.25) is 0 Å². The van der Waals surface area contributed by atoms with Crippen LogP contribution in [0.4, 0.5) is 0 Å². The van der Waals surface area contributed by atoms with E-state index in [9.17, 15) is 4.79 Å². The van der Waals surface area contributed by atoms with E-state index < -0.39 is 0 Å². The molecule has 1 amide bonds. The van der Waals surface area contributed by atoms with Gasteiger partial charge in [0.15, 0.2) is 0 Å². The van der Waals surface area contributed by atoms with Gasteiger partial charge in [-0.05, 0) is 50.9 Å². The molecule has 1 aromatic carbocycles. The number of carbonyl (C=O) groups excluding carboxylic acids is 1. The Morgan fingerprint density at radius 1 is 1.40 bits per heavy atom. The van der Waals surface area contributed by atoms with Crippen molar-refractivity contribution < 1.29 is 9.53 Å². The summed E-state index contributed by atoms with van der Waals surface area (Å²) in [5.74, 6) is 1.31. The van der Waals surface area contributed by atoms with E-state index in [0.29, 0.717) is 11.5 Å². The van der Waals surface area contributed by atoms with Crippen LogP contribution in [0, 0.1) is 5.92 Å². The van der Waals surface area contributed by atoms with Crippen molar-refractivity contribution in [1.29, 1.82) is 0 Å². The second kappa shape index (κ2) is 6.75. The minimum Gasteiger partial charge on any atom is -0.491 e. The SMILES string of the molecule is CC1CNCC(NC(=O)c2cccc(OC(C)C)c2)C1. The lowest BCUT2D eigenvalue weighted by Gasteiger charge is -2.28. The molecule has 0 aliphatic carbocycles. The number of rotatable bonds is 4. The van der Waals surface area contributed by atoms with Crippen LogP contribution in [0.15, 0.2) is 24.3 Å². The average molecular weight is 276 g/mol. The quantitative estimate of drug-likeness (QED) is 0.886. The summed E-state index contributed by atoms with van der Waals surface area (Å²) in [7, 11) is 0. The predicted octanol–water partition coefficient (Wildman–Crippen LogP) is 2.20. The summed E-state index contributed by atoms with van der Waals surface area (Å²) in [6.45, 7) is 8.02. The average Bonchev–Trinajstić information content (AvgIpc) is 2.38. The Balaban J connectivity index is 1.98. The van der Waals surface area contributed by atoms with Gasteiger partial charge in [-0.25, -0.2) is 0 Å². The predicted molar refractivity (Wildman–Crippen MR) is 80.1 cm³/mol. The van der Waals surface area contributed by atoms with Crippen molar-refractivity contribution in [3.05, 3.63) is 29.8 Å². The van der Waals surface area contributed by atoms with Gasteiger partial charge in [-0.2, -0.15) is 0 Å². The highest BCUT2D eigenvalue weighted by Crippen LogP contribution is 2.16. The summed E-state index contributed by atoms with van der Waals surface area (Å²) < 4.78 is 5.62. The molecule has 1 saturated heterocycles. The molecule has 4 nitrogen and oxygen atoms in total. The van der Waals surface area contributed by atoms with Crippen LogP contribution in [0.25, 0.3) is 0 Å². The normalized spacial score (nSPS) is 22.6. The van der Waals surface area contributed by atoms with E-state index in [-0.39, 0.29) is 18.1 Å². The highest BCUT2D eigenvalue weighted by molar-refractivity contribution is 5.94. The number of benzene rings is 1. The lowest BCUT2D eigenvalue weighted by Crippen LogP contribution is -2.48. The van der Waals surface area contributed by atoms with Gasteiger partial charge in [0.1, 0.15) is 5.75 Å². The first kappa shape index (κ1) is 14.9. The van der Waals surface area contributed by atoms with E-state index in [1.165, 1.54) is 0 Å². The highest BCUT2D eigenvalue weighted by Gasteiger charge is 2.20. The van der Waals surface area contributed by atoms with Gasteiger partial charge in [0, 0.05) is 18.2 Å². The van der Waals surface area contributed by atoms with E-state index >= 15 is 0 Å². The first-order valence-corrected chi connectivity index (χ1v) is 7.33. The number of nitrogens with one attached hydrogen (secondary N) is 2. The first-order chi connectivity index (χ1) is 9.54. The molecule has 2 atom stereocenters. The van der Waals surface area contributed by atoms with Crippen molar-refractivity contribution >= 4 is 5.91 Å². The molecule has 0 saturated carbocycles.